The fraction of sp³-hybridized carbons (Fsp3) is 0.364. The predicted molar refractivity (Wildman–Crippen MR) is 65.9 cm³/mol. The monoisotopic (exact) mass is 234 g/mol. The molecular formula is C11H14N4O2. The molecule has 0 aliphatic carbocycles. The molecule has 0 bridgehead atoms. The van der Waals surface area contributed by atoms with Gasteiger partial charge in [0.1, 0.15) is 5.65 Å². The number of nitrogens with zero attached hydrogens (tertiary/aromatic N) is 2. The SMILES string of the molecule is CC(C)Cn1c(=O)[nH]c(=O)c2cc(N)cnc21. The molecule has 0 atom stereocenters. The van der Waals surface area contributed by atoms with Gasteiger partial charge in [0.2, 0.25) is 0 Å². The lowest BCUT2D eigenvalue weighted by atomic mass is 10.2. The molecule has 0 saturated heterocycles. The van der Waals surface area contributed by atoms with Gasteiger partial charge in [-0.05, 0) is 12.0 Å². The Labute approximate surface area is 97.1 Å². The molecular weight excluding hydrogens is 220 g/mol. The van der Waals surface area contributed by atoms with Crippen molar-refractivity contribution in [2.24, 2.45) is 5.92 Å². The van der Waals surface area contributed by atoms with Crippen molar-refractivity contribution >= 4 is 16.7 Å². The summed E-state index contributed by atoms with van der Waals surface area (Å²) in [6, 6.07) is 1.53. The van der Waals surface area contributed by atoms with E-state index in [1.165, 1.54) is 16.8 Å². The van der Waals surface area contributed by atoms with Gasteiger partial charge < -0.3 is 5.73 Å². The fourth-order valence-electron chi connectivity index (χ4n) is 1.72. The first-order chi connectivity index (χ1) is 7.99. The van der Waals surface area contributed by atoms with Crippen LogP contribution < -0.4 is 17.0 Å². The minimum atomic E-state index is -0.454. The summed E-state index contributed by atoms with van der Waals surface area (Å²) in [4.78, 5) is 29.7. The summed E-state index contributed by atoms with van der Waals surface area (Å²) in [5.74, 6) is 0.279. The quantitative estimate of drug-likeness (QED) is 0.782. The molecule has 2 aromatic rings. The molecule has 0 unspecified atom stereocenters. The van der Waals surface area contributed by atoms with Crippen LogP contribution in [0.1, 0.15) is 13.8 Å². The molecule has 2 aromatic heterocycles. The Morgan fingerprint density at radius 3 is 2.82 bits per heavy atom. The number of nitrogen functional groups attached to an aromatic ring is 1. The Bertz CT molecular complexity index is 669. The van der Waals surface area contributed by atoms with Crippen molar-refractivity contribution in [3.05, 3.63) is 33.1 Å². The molecule has 0 aliphatic heterocycles. The number of aromatic amines is 1. The van der Waals surface area contributed by atoms with Gasteiger partial charge in [-0.3, -0.25) is 14.3 Å². The highest BCUT2D eigenvalue weighted by Crippen LogP contribution is 2.09. The Morgan fingerprint density at radius 1 is 1.47 bits per heavy atom. The van der Waals surface area contributed by atoms with Gasteiger partial charge in [-0.15, -0.1) is 0 Å². The second-order valence-corrected chi connectivity index (χ2v) is 4.40. The number of nitrogens with two attached hydrogens (primary N) is 1. The number of H-pyrrole nitrogens is 1. The minimum Gasteiger partial charge on any atom is -0.397 e. The summed E-state index contributed by atoms with van der Waals surface area (Å²) >= 11 is 0. The number of pyridine rings is 1. The average Bonchev–Trinajstić information content (AvgIpc) is 2.24. The van der Waals surface area contributed by atoms with Crippen molar-refractivity contribution in [3.8, 4) is 0 Å². The normalized spacial score (nSPS) is 11.2. The van der Waals surface area contributed by atoms with Crippen molar-refractivity contribution in [2.75, 3.05) is 5.73 Å². The summed E-state index contributed by atoms with van der Waals surface area (Å²) in [6.07, 6.45) is 1.44. The van der Waals surface area contributed by atoms with Crippen molar-refractivity contribution in [1.29, 1.82) is 0 Å². The largest absolute Gasteiger partial charge is 0.397 e. The number of fused-ring (bicyclic) bond motifs is 1. The zero-order valence-corrected chi connectivity index (χ0v) is 9.73. The average molecular weight is 234 g/mol. The molecule has 0 amide bonds. The Balaban J connectivity index is 2.83. The fourth-order valence-corrected chi connectivity index (χ4v) is 1.72. The van der Waals surface area contributed by atoms with E-state index in [0.717, 1.165) is 0 Å². The van der Waals surface area contributed by atoms with Gasteiger partial charge in [-0.2, -0.15) is 0 Å². The minimum absolute atomic E-state index is 0.279. The van der Waals surface area contributed by atoms with E-state index in [9.17, 15) is 9.59 Å². The van der Waals surface area contributed by atoms with Crippen LogP contribution in [-0.4, -0.2) is 14.5 Å². The van der Waals surface area contributed by atoms with Gasteiger partial charge in [0.25, 0.3) is 5.56 Å². The third-order valence-electron chi connectivity index (χ3n) is 2.40. The van der Waals surface area contributed by atoms with E-state index in [-0.39, 0.29) is 5.92 Å². The first-order valence-corrected chi connectivity index (χ1v) is 5.37. The van der Waals surface area contributed by atoms with Crippen LogP contribution in [0.15, 0.2) is 21.9 Å². The van der Waals surface area contributed by atoms with E-state index in [0.29, 0.717) is 23.3 Å². The van der Waals surface area contributed by atoms with Gasteiger partial charge in [-0.25, -0.2) is 9.78 Å². The van der Waals surface area contributed by atoms with Crippen LogP contribution in [0.4, 0.5) is 5.69 Å². The molecule has 0 aliphatic rings. The highest BCUT2D eigenvalue weighted by molar-refractivity contribution is 5.76. The van der Waals surface area contributed by atoms with E-state index in [1.807, 2.05) is 13.8 Å². The van der Waals surface area contributed by atoms with Crippen LogP contribution in [0.3, 0.4) is 0 Å². The molecule has 6 nitrogen and oxygen atoms in total. The van der Waals surface area contributed by atoms with Crippen LogP contribution in [0.5, 0.6) is 0 Å². The maximum absolute atomic E-state index is 11.7. The molecule has 0 radical (unpaired) electrons. The number of rotatable bonds is 2. The Morgan fingerprint density at radius 2 is 2.18 bits per heavy atom. The van der Waals surface area contributed by atoms with Crippen molar-refractivity contribution in [1.82, 2.24) is 14.5 Å². The second kappa shape index (κ2) is 4.04. The summed E-state index contributed by atoms with van der Waals surface area (Å²) in [6.45, 7) is 4.48. The molecule has 2 heterocycles. The van der Waals surface area contributed by atoms with Crippen molar-refractivity contribution < 1.29 is 0 Å². The van der Waals surface area contributed by atoms with E-state index in [4.69, 9.17) is 5.73 Å². The zero-order chi connectivity index (χ0) is 12.6. The third-order valence-corrected chi connectivity index (χ3v) is 2.40. The highest BCUT2D eigenvalue weighted by Gasteiger charge is 2.09. The summed E-state index contributed by atoms with van der Waals surface area (Å²) in [7, 11) is 0. The van der Waals surface area contributed by atoms with Gasteiger partial charge in [-0.1, -0.05) is 13.8 Å². The molecule has 3 N–H and O–H groups in total. The molecule has 90 valence electrons. The number of nitrogens with one attached hydrogen (secondary N) is 1. The molecule has 0 spiro atoms. The van der Waals surface area contributed by atoms with E-state index < -0.39 is 11.2 Å². The predicted octanol–water partition coefficient (Wildman–Crippen LogP) is 0.323. The van der Waals surface area contributed by atoms with Crippen LogP contribution in [-0.2, 0) is 6.54 Å². The van der Waals surface area contributed by atoms with Crippen LogP contribution in [0.25, 0.3) is 11.0 Å². The van der Waals surface area contributed by atoms with Gasteiger partial charge >= 0.3 is 5.69 Å². The summed E-state index contributed by atoms with van der Waals surface area (Å²) in [5.41, 5.74) is 5.47. The number of aromatic nitrogens is 3. The van der Waals surface area contributed by atoms with Gasteiger partial charge in [0, 0.05) is 6.54 Å². The van der Waals surface area contributed by atoms with Crippen molar-refractivity contribution in [2.45, 2.75) is 20.4 Å². The lowest BCUT2D eigenvalue weighted by Gasteiger charge is -2.10. The van der Waals surface area contributed by atoms with E-state index in [1.54, 1.807) is 0 Å². The van der Waals surface area contributed by atoms with Crippen LogP contribution in [0.2, 0.25) is 0 Å². The summed E-state index contributed by atoms with van der Waals surface area (Å²) in [5, 5.41) is 0.338. The molecule has 0 aromatic carbocycles. The van der Waals surface area contributed by atoms with E-state index in [2.05, 4.69) is 9.97 Å². The van der Waals surface area contributed by atoms with Crippen LogP contribution >= 0.6 is 0 Å². The second-order valence-electron chi connectivity index (χ2n) is 4.40. The topological polar surface area (TPSA) is 93.8 Å². The maximum Gasteiger partial charge on any atom is 0.330 e. The Hall–Kier alpha value is -2.11. The highest BCUT2D eigenvalue weighted by atomic mass is 16.2. The third kappa shape index (κ3) is 2.06. The van der Waals surface area contributed by atoms with Crippen molar-refractivity contribution in [3.63, 3.8) is 0 Å². The Kier molecular flexibility index (Phi) is 2.71. The molecule has 2 rings (SSSR count). The lowest BCUT2D eigenvalue weighted by molar-refractivity contribution is 0.513. The maximum atomic E-state index is 11.7. The number of hydrogen-bond donors (Lipinski definition) is 2. The molecule has 0 fully saturated rings. The lowest BCUT2D eigenvalue weighted by Crippen LogP contribution is -2.32. The zero-order valence-electron chi connectivity index (χ0n) is 9.73. The molecule has 6 heteroatoms. The number of anilines is 1. The first-order valence-electron chi connectivity index (χ1n) is 5.37. The smallest absolute Gasteiger partial charge is 0.330 e. The van der Waals surface area contributed by atoms with Gasteiger partial charge in [0.05, 0.1) is 17.3 Å². The van der Waals surface area contributed by atoms with Crippen LogP contribution in [0, 0.1) is 5.92 Å². The number of hydrogen-bond acceptors (Lipinski definition) is 4. The standard InChI is InChI=1S/C11H14N4O2/c1-6(2)5-15-9-8(3-7(12)4-13-9)10(16)14-11(15)17/h3-4,6H,5,12H2,1-2H3,(H,14,16,17). The molecule has 17 heavy (non-hydrogen) atoms. The van der Waals surface area contributed by atoms with Gasteiger partial charge in [0.15, 0.2) is 0 Å². The summed E-state index contributed by atoms with van der Waals surface area (Å²) < 4.78 is 1.46. The first kappa shape index (κ1) is 11.4. The van der Waals surface area contributed by atoms with E-state index >= 15 is 0 Å². The molecule has 0 saturated carbocycles.